The van der Waals surface area contributed by atoms with Crippen LogP contribution in [0.3, 0.4) is 0 Å². The Hall–Kier alpha value is -3.42. The van der Waals surface area contributed by atoms with Gasteiger partial charge in [-0.05, 0) is 30.3 Å². The standard InChI is InChI=1S/C18H19N5O3/c24-16(22-14-4-2-7-19-12-14)6-8-20-17(25)13-3-1-5-15(11-13)23-10-9-21-18(23)26/h1-5,7,11-12H,6,8-10H2,(H,20,25)(H,21,26)(H,22,24). The molecule has 0 saturated carbocycles. The summed E-state index contributed by atoms with van der Waals surface area (Å²) in [6.07, 6.45) is 3.32. The molecule has 0 bridgehead atoms. The van der Waals surface area contributed by atoms with Crippen LogP contribution in [0.2, 0.25) is 0 Å². The first-order valence-corrected chi connectivity index (χ1v) is 8.27. The van der Waals surface area contributed by atoms with Crippen molar-refractivity contribution in [1.29, 1.82) is 0 Å². The number of benzene rings is 1. The van der Waals surface area contributed by atoms with Gasteiger partial charge in [0.2, 0.25) is 5.91 Å². The van der Waals surface area contributed by atoms with Gasteiger partial charge in [-0.15, -0.1) is 0 Å². The van der Waals surface area contributed by atoms with E-state index in [2.05, 4.69) is 20.9 Å². The van der Waals surface area contributed by atoms with Gasteiger partial charge in [-0.3, -0.25) is 19.5 Å². The van der Waals surface area contributed by atoms with E-state index in [1.165, 1.54) is 0 Å². The molecule has 2 heterocycles. The Labute approximate surface area is 150 Å². The molecule has 1 aliphatic heterocycles. The van der Waals surface area contributed by atoms with Gasteiger partial charge in [0.25, 0.3) is 5.91 Å². The van der Waals surface area contributed by atoms with Crippen LogP contribution in [0.5, 0.6) is 0 Å². The van der Waals surface area contributed by atoms with Crippen molar-refractivity contribution in [2.24, 2.45) is 0 Å². The lowest BCUT2D eigenvalue weighted by Gasteiger charge is -2.15. The lowest BCUT2D eigenvalue weighted by Crippen LogP contribution is -2.29. The fraction of sp³-hybridized carbons (Fsp3) is 0.222. The smallest absolute Gasteiger partial charge is 0.321 e. The average Bonchev–Trinajstić information content (AvgIpc) is 3.08. The normalized spacial score (nSPS) is 13.2. The minimum atomic E-state index is -0.291. The van der Waals surface area contributed by atoms with Gasteiger partial charge in [0.15, 0.2) is 0 Å². The van der Waals surface area contributed by atoms with Gasteiger partial charge in [0.05, 0.1) is 11.9 Å². The molecule has 1 aromatic heterocycles. The zero-order valence-corrected chi connectivity index (χ0v) is 14.1. The number of anilines is 2. The molecule has 0 aliphatic carbocycles. The molecule has 4 amide bonds. The maximum Gasteiger partial charge on any atom is 0.321 e. The molecule has 0 atom stereocenters. The van der Waals surface area contributed by atoms with Crippen LogP contribution in [0.25, 0.3) is 0 Å². The number of nitrogens with one attached hydrogen (secondary N) is 3. The lowest BCUT2D eigenvalue weighted by atomic mass is 10.1. The third kappa shape index (κ3) is 4.35. The maximum atomic E-state index is 12.3. The summed E-state index contributed by atoms with van der Waals surface area (Å²) in [4.78, 5) is 41.3. The maximum absolute atomic E-state index is 12.3. The first-order valence-electron chi connectivity index (χ1n) is 8.27. The molecule has 1 aliphatic rings. The molecule has 0 unspecified atom stereocenters. The molecular formula is C18H19N5O3. The lowest BCUT2D eigenvalue weighted by molar-refractivity contribution is -0.116. The second-order valence-electron chi connectivity index (χ2n) is 5.73. The number of amides is 4. The van der Waals surface area contributed by atoms with E-state index < -0.39 is 0 Å². The van der Waals surface area contributed by atoms with Gasteiger partial charge in [-0.25, -0.2) is 4.79 Å². The van der Waals surface area contributed by atoms with Gasteiger partial charge < -0.3 is 16.0 Å². The summed E-state index contributed by atoms with van der Waals surface area (Å²) < 4.78 is 0. The summed E-state index contributed by atoms with van der Waals surface area (Å²) in [6.45, 7) is 1.36. The Balaban J connectivity index is 1.50. The van der Waals surface area contributed by atoms with Crippen LogP contribution < -0.4 is 20.9 Å². The van der Waals surface area contributed by atoms with Crippen LogP contribution >= 0.6 is 0 Å². The molecular weight excluding hydrogens is 334 g/mol. The van der Waals surface area contributed by atoms with Crippen LogP contribution in [0.15, 0.2) is 48.8 Å². The SMILES string of the molecule is O=C(CCNC(=O)c1cccc(N2CCNC2=O)c1)Nc1cccnc1. The summed E-state index contributed by atoms with van der Waals surface area (Å²) in [5.74, 6) is -0.499. The van der Waals surface area contributed by atoms with Crippen molar-refractivity contribution in [3.05, 3.63) is 54.4 Å². The van der Waals surface area contributed by atoms with E-state index in [0.29, 0.717) is 30.0 Å². The van der Waals surface area contributed by atoms with E-state index in [4.69, 9.17) is 0 Å². The molecule has 3 N–H and O–H groups in total. The summed E-state index contributed by atoms with van der Waals surface area (Å²) in [7, 11) is 0. The molecule has 1 fully saturated rings. The van der Waals surface area contributed by atoms with E-state index >= 15 is 0 Å². The van der Waals surface area contributed by atoms with Gasteiger partial charge in [0, 0.05) is 43.5 Å². The molecule has 8 nitrogen and oxygen atoms in total. The first-order chi connectivity index (χ1) is 12.6. The summed E-state index contributed by atoms with van der Waals surface area (Å²) >= 11 is 0. The minimum Gasteiger partial charge on any atom is -0.352 e. The third-order valence-electron chi connectivity index (χ3n) is 3.86. The van der Waals surface area contributed by atoms with Crippen molar-refractivity contribution in [3.8, 4) is 0 Å². The Bertz CT molecular complexity index is 809. The molecule has 8 heteroatoms. The monoisotopic (exact) mass is 353 g/mol. The van der Waals surface area contributed by atoms with Gasteiger partial charge in [-0.1, -0.05) is 6.07 Å². The molecule has 0 spiro atoms. The van der Waals surface area contributed by atoms with Crippen molar-refractivity contribution >= 4 is 29.2 Å². The molecule has 134 valence electrons. The number of rotatable bonds is 6. The van der Waals surface area contributed by atoms with Gasteiger partial charge in [-0.2, -0.15) is 0 Å². The van der Waals surface area contributed by atoms with Crippen molar-refractivity contribution in [3.63, 3.8) is 0 Å². The van der Waals surface area contributed by atoms with Gasteiger partial charge >= 0.3 is 6.03 Å². The molecule has 1 saturated heterocycles. The fourth-order valence-electron chi connectivity index (χ4n) is 2.58. The third-order valence-corrected chi connectivity index (χ3v) is 3.86. The van der Waals surface area contributed by atoms with E-state index in [0.717, 1.165) is 0 Å². The van der Waals surface area contributed by atoms with E-state index in [9.17, 15) is 14.4 Å². The number of hydrogen-bond acceptors (Lipinski definition) is 4. The topological polar surface area (TPSA) is 103 Å². The summed E-state index contributed by atoms with van der Waals surface area (Å²) in [5.41, 5.74) is 1.72. The Morgan fingerprint density at radius 2 is 2.12 bits per heavy atom. The van der Waals surface area contributed by atoms with Crippen molar-refractivity contribution in [1.82, 2.24) is 15.6 Å². The highest BCUT2D eigenvalue weighted by Gasteiger charge is 2.21. The summed E-state index contributed by atoms with van der Waals surface area (Å²) in [6, 6.07) is 10.1. The second kappa shape index (κ2) is 8.11. The number of nitrogens with zero attached hydrogens (tertiary/aromatic N) is 2. The van der Waals surface area contributed by atoms with Crippen molar-refractivity contribution < 1.29 is 14.4 Å². The fourth-order valence-corrected chi connectivity index (χ4v) is 2.58. The number of carbonyl (C=O) groups is 3. The van der Waals surface area contributed by atoms with Crippen LogP contribution in [0.1, 0.15) is 16.8 Å². The Morgan fingerprint density at radius 1 is 1.23 bits per heavy atom. The average molecular weight is 353 g/mol. The zero-order valence-electron chi connectivity index (χ0n) is 14.1. The van der Waals surface area contributed by atoms with E-state index in [-0.39, 0.29) is 30.8 Å². The van der Waals surface area contributed by atoms with Crippen LogP contribution in [0, 0.1) is 0 Å². The Morgan fingerprint density at radius 3 is 2.85 bits per heavy atom. The molecule has 1 aromatic carbocycles. The zero-order chi connectivity index (χ0) is 18.4. The molecule has 26 heavy (non-hydrogen) atoms. The van der Waals surface area contributed by atoms with Crippen LogP contribution in [-0.4, -0.2) is 42.5 Å². The number of carbonyl (C=O) groups excluding carboxylic acids is 3. The number of aromatic nitrogens is 1. The van der Waals surface area contributed by atoms with Crippen LogP contribution in [0.4, 0.5) is 16.2 Å². The predicted molar refractivity (Wildman–Crippen MR) is 97.0 cm³/mol. The molecule has 2 aromatic rings. The Kier molecular flexibility index (Phi) is 5.43. The van der Waals surface area contributed by atoms with Crippen molar-refractivity contribution in [2.45, 2.75) is 6.42 Å². The molecule has 3 rings (SSSR count). The summed E-state index contributed by atoms with van der Waals surface area (Å²) in [5, 5.41) is 8.13. The predicted octanol–water partition coefficient (Wildman–Crippen LogP) is 1.37. The number of urea groups is 1. The van der Waals surface area contributed by atoms with E-state index in [1.807, 2.05) is 0 Å². The number of pyridine rings is 1. The first kappa shape index (κ1) is 17.4. The van der Waals surface area contributed by atoms with E-state index in [1.54, 1.807) is 53.7 Å². The van der Waals surface area contributed by atoms with Gasteiger partial charge in [0.1, 0.15) is 0 Å². The highest BCUT2D eigenvalue weighted by atomic mass is 16.2. The second-order valence-corrected chi connectivity index (χ2v) is 5.73. The van der Waals surface area contributed by atoms with Crippen molar-refractivity contribution in [2.75, 3.05) is 29.9 Å². The minimum absolute atomic E-state index is 0.148. The largest absolute Gasteiger partial charge is 0.352 e. The van der Waals surface area contributed by atoms with Crippen LogP contribution in [-0.2, 0) is 4.79 Å². The number of hydrogen-bond donors (Lipinski definition) is 3. The quantitative estimate of drug-likeness (QED) is 0.730. The molecule has 0 radical (unpaired) electrons. The highest BCUT2D eigenvalue weighted by Crippen LogP contribution is 2.18. The highest BCUT2D eigenvalue weighted by molar-refractivity contribution is 5.98.